The molecule has 272 valence electrons. The van der Waals surface area contributed by atoms with Crippen molar-refractivity contribution in [3.63, 3.8) is 0 Å². The van der Waals surface area contributed by atoms with Gasteiger partial charge in [-0.2, -0.15) is 5.46 Å². The number of rotatable bonds is 5. The summed E-state index contributed by atoms with van der Waals surface area (Å²) in [6.07, 6.45) is 3.67. The first kappa shape index (κ1) is 36.5. The number of nitrogens with zero attached hydrogens (tertiary/aromatic N) is 4. The van der Waals surface area contributed by atoms with Gasteiger partial charge in [0.15, 0.2) is 0 Å². The first-order valence-corrected chi connectivity index (χ1v) is 18.6. The maximum atomic E-state index is 6.39. The van der Waals surface area contributed by atoms with Gasteiger partial charge in [0.05, 0.1) is 0 Å². The molecule has 7 heteroatoms. The van der Waals surface area contributed by atoms with E-state index in [9.17, 15) is 0 Å². The number of hydrogen-bond donors (Lipinski definition) is 0. The molecule has 5 nitrogen and oxygen atoms in total. The summed E-state index contributed by atoms with van der Waals surface area (Å²) in [5.74, 6) is 1.14. The number of aromatic nitrogens is 2. The van der Waals surface area contributed by atoms with Gasteiger partial charge < -0.3 is 19.5 Å². The van der Waals surface area contributed by atoms with Crippen LogP contribution in [0.3, 0.4) is 0 Å². The number of ether oxygens (including phenoxy) is 1. The summed E-state index contributed by atoms with van der Waals surface area (Å²) in [6.45, 7) is 15.3. The van der Waals surface area contributed by atoms with Crippen LogP contribution in [0.15, 0.2) is 122 Å². The molecule has 0 saturated carbocycles. The molecule has 0 unspecified atom stereocenters. The monoisotopic (exact) mass is 895 g/mol. The van der Waals surface area contributed by atoms with E-state index in [4.69, 9.17) is 9.72 Å². The van der Waals surface area contributed by atoms with Crippen molar-refractivity contribution in [2.24, 2.45) is 0 Å². The van der Waals surface area contributed by atoms with Gasteiger partial charge in [-0.1, -0.05) is 81.1 Å². The molecule has 5 aromatic carbocycles. The predicted molar refractivity (Wildman–Crippen MR) is 223 cm³/mol. The molecule has 2 aliphatic rings. The van der Waals surface area contributed by atoms with E-state index in [0.29, 0.717) is 11.6 Å². The Kier molecular flexibility index (Phi) is 9.30. The molecule has 55 heavy (non-hydrogen) atoms. The van der Waals surface area contributed by atoms with E-state index in [1.54, 1.807) is 6.20 Å². The van der Waals surface area contributed by atoms with Crippen LogP contribution >= 0.6 is 0 Å². The van der Waals surface area contributed by atoms with Gasteiger partial charge in [-0.25, -0.2) is 4.98 Å². The molecule has 0 saturated heterocycles. The maximum absolute atomic E-state index is 6.39. The SMILES string of the molecule is Cc1cccc(C)c1N1c2ccc(Oc3ccccn3)[c-]c2B2c3[c-]c(-c4cc(C(C)(C)C)ccn4)ccc3N(c3c(C)cccc3C)c3cccc1c32.[Pt+2]. The number of fused-ring (bicyclic) bond motifs is 4. The third kappa shape index (κ3) is 6.17. The quantitative estimate of drug-likeness (QED) is 0.127. The first-order valence-electron chi connectivity index (χ1n) is 18.6. The fourth-order valence-corrected chi connectivity index (χ4v) is 8.31. The van der Waals surface area contributed by atoms with Gasteiger partial charge in [-0.05, 0) is 102 Å². The fraction of sp³-hybridized carbons (Fsp3) is 0.167. The zero-order valence-electron chi connectivity index (χ0n) is 32.1. The van der Waals surface area contributed by atoms with Crippen LogP contribution in [0, 0.1) is 39.8 Å². The molecule has 0 amide bonds. The van der Waals surface area contributed by atoms with Gasteiger partial charge in [0.1, 0.15) is 0 Å². The Bertz CT molecular complexity index is 2550. The minimum Gasteiger partial charge on any atom is -0.466 e. The number of benzene rings is 5. The normalized spacial score (nSPS) is 12.7. The van der Waals surface area contributed by atoms with Gasteiger partial charge in [0.25, 0.3) is 0 Å². The average Bonchev–Trinajstić information content (AvgIpc) is 3.16. The second-order valence-corrected chi connectivity index (χ2v) is 15.5. The molecule has 0 bridgehead atoms. The molecule has 4 heterocycles. The summed E-state index contributed by atoms with van der Waals surface area (Å²) in [6, 6.07) is 46.3. The van der Waals surface area contributed by atoms with Gasteiger partial charge in [0.2, 0.25) is 12.6 Å². The molecule has 0 radical (unpaired) electrons. The van der Waals surface area contributed by atoms with Gasteiger partial charge in [-0.15, -0.1) is 47.4 Å². The van der Waals surface area contributed by atoms with Crippen LogP contribution in [0.2, 0.25) is 0 Å². The Morgan fingerprint density at radius 2 is 1.16 bits per heavy atom. The van der Waals surface area contributed by atoms with Crippen molar-refractivity contribution < 1.29 is 25.8 Å². The molecule has 0 N–H and O–H groups in total. The second kappa shape index (κ2) is 14.0. The van der Waals surface area contributed by atoms with Gasteiger partial charge in [0, 0.05) is 47.0 Å². The summed E-state index contributed by atoms with van der Waals surface area (Å²) < 4.78 is 6.39. The largest absolute Gasteiger partial charge is 2.00 e. The van der Waals surface area contributed by atoms with Crippen molar-refractivity contribution in [1.82, 2.24) is 9.97 Å². The molecule has 0 fully saturated rings. The smallest absolute Gasteiger partial charge is 0.466 e. The summed E-state index contributed by atoms with van der Waals surface area (Å²) in [4.78, 5) is 14.2. The third-order valence-electron chi connectivity index (χ3n) is 10.8. The third-order valence-corrected chi connectivity index (χ3v) is 10.8. The number of aryl methyl sites for hydroxylation is 4. The Hall–Kier alpha value is -5.45. The van der Waals surface area contributed by atoms with E-state index in [2.05, 4.69) is 160 Å². The molecule has 2 aliphatic heterocycles. The number of pyridine rings is 2. The topological polar surface area (TPSA) is 41.5 Å². The summed E-state index contributed by atoms with van der Waals surface area (Å²) in [5, 5.41) is 0. The van der Waals surface area contributed by atoms with Crippen molar-refractivity contribution in [2.45, 2.75) is 53.9 Å². The average molecular weight is 896 g/mol. The molecule has 9 rings (SSSR count). The van der Waals surface area contributed by atoms with Crippen LogP contribution in [-0.4, -0.2) is 16.7 Å². The minimum absolute atomic E-state index is 0. The van der Waals surface area contributed by atoms with Gasteiger partial charge >= 0.3 is 21.1 Å². The fourth-order valence-electron chi connectivity index (χ4n) is 8.31. The van der Waals surface area contributed by atoms with E-state index < -0.39 is 0 Å². The Morgan fingerprint density at radius 3 is 1.75 bits per heavy atom. The molecular weight excluding hydrogens is 854 g/mol. The van der Waals surface area contributed by atoms with E-state index in [0.717, 1.165) is 44.9 Å². The Labute approximate surface area is 339 Å². The first-order chi connectivity index (χ1) is 26.1. The molecule has 0 atom stereocenters. The van der Waals surface area contributed by atoms with Crippen molar-refractivity contribution in [2.75, 3.05) is 9.80 Å². The van der Waals surface area contributed by atoms with E-state index in [1.165, 1.54) is 44.7 Å². The van der Waals surface area contributed by atoms with Crippen LogP contribution < -0.4 is 30.9 Å². The van der Waals surface area contributed by atoms with Crippen molar-refractivity contribution in [3.8, 4) is 22.9 Å². The van der Waals surface area contributed by atoms with Crippen LogP contribution in [0.25, 0.3) is 11.3 Å². The maximum Gasteiger partial charge on any atom is 2.00 e. The number of para-hydroxylation sites is 2. The van der Waals surface area contributed by atoms with Crippen LogP contribution in [0.1, 0.15) is 48.6 Å². The number of anilines is 6. The van der Waals surface area contributed by atoms with E-state index in [1.807, 2.05) is 30.5 Å². The van der Waals surface area contributed by atoms with E-state index >= 15 is 0 Å². The van der Waals surface area contributed by atoms with E-state index in [-0.39, 0.29) is 33.2 Å². The van der Waals surface area contributed by atoms with Crippen molar-refractivity contribution >= 4 is 57.2 Å². The number of hydrogen-bond acceptors (Lipinski definition) is 5. The van der Waals surface area contributed by atoms with Crippen molar-refractivity contribution in [1.29, 1.82) is 0 Å². The molecule has 0 aliphatic carbocycles. The summed E-state index contributed by atoms with van der Waals surface area (Å²) >= 11 is 0. The van der Waals surface area contributed by atoms with Crippen molar-refractivity contribution in [3.05, 3.63) is 162 Å². The predicted octanol–water partition coefficient (Wildman–Crippen LogP) is 10.1. The van der Waals surface area contributed by atoms with Gasteiger partial charge in [-0.3, -0.25) is 0 Å². The molecule has 2 aromatic heterocycles. The zero-order chi connectivity index (χ0) is 37.3. The molecule has 7 aromatic rings. The summed E-state index contributed by atoms with van der Waals surface area (Å²) in [7, 11) is 0. The van der Waals surface area contributed by atoms with Crippen LogP contribution in [0.4, 0.5) is 34.1 Å². The van der Waals surface area contributed by atoms with Crippen LogP contribution in [0.5, 0.6) is 11.6 Å². The standard InChI is InChI=1S/C48H41BN4O.Pt/c1-30-13-10-14-31(2)46(30)52-40-22-20-34(39-28-35(24-26-50-39)48(5,6)7)27-37(40)49-38-29-36(54-44-19-8-9-25-51-44)21-23-41(38)53(43-18-12-17-42(52)45(43)49)47-32(3)15-11-16-33(47)4;/h8-26,28H,1-7H3;/q-2;+2. The summed E-state index contributed by atoms with van der Waals surface area (Å²) in [5.41, 5.74) is 18.0. The minimum atomic E-state index is -0.194. The molecule has 0 spiro atoms. The molecular formula is C48H41BN4OPt. The zero-order valence-corrected chi connectivity index (χ0v) is 34.4. The Balaban J connectivity index is 0.00000427. The van der Waals surface area contributed by atoms with Crippen LogP contribution in [-0.2, 0) is 26.5 Å². The Morgan fingerprint density at radius 1 is 0.582 bits per heavy atom. The second-order valence-electron chi connectivity index (χ2n) is 15.5.